The fraction of sp³-hybridized carbons (Fsp3) is 0.0500. The van der Waals surface area contributed by atoms with Crippen LogP contribution in [0, 0.1) is 0 Å². The number of fused-ring (bicyclic) bond motifs is 2. The van der Waals surface area contributed by atoms with E-state index in [0.717, 1.165) is 16.5 Å². The van der Waals surface area contributed by atoms with E-state index in [1.54, 1.807) is 18.2 Å². The fourth-order valence-corrected chi connectivity index (χ4v) is 3.95. The number of hydrogen-bond donors (Lipinski definition) is 1. The van der Waals surface area contributed by atoms with Crippen LogP contribution < -0.4 is 5.43 Å². The van der Waals surface area contributed by atoms with E-state index in [-0.39, 0.29) is 15.8 Å². The number of halogens is 2. The third kappa shape index (κ3) is 2.39. The van der Waals surface area contributed by atoms with Gasteiger partial charge >= 0.3 is 0 Å². The van der Waals surface area contributed by atoms with Gasteiger partial charge < -0.3 is 9.67 Å². The third-order valence-corrected chi connectivity index (χ3v) is 5.13. The van der Waals surface area contributed by atoms with E-state index in [2.05, 4.69) is 0 Å². The molecule has 3 nitrogen and oxygen atoms in total. The Balaban J connectivity index is 2.25. The molecule has 2 aliphatic rings. The normalized spacial score (nSPS) is 11.3. The number of aromatic hydroxyl groups is 1. The van der Waals surface area contributed by atoms with Crippen LogP contribution in [0.4, 0.5) is 0 Å². The molecule has 0 spiro atoms. The summed E-state index contributed by atoms with van der Waals surface area (Å²) in [4.78, 5) is 12.6. The van der Waals surface area contributed by atoms with Crippen molar-refractivity contribution in [2.75, 3.05) is 0 Å². The number of pyridine rings is 1. The topological polar surface area (TPSA) is 42.2 Å². The Hall–Kier alpha value is -2.49. The van der Waals surface area contributed by atoms with Crippen molar-refractivity contribution in [3.63, 3.8) is 0 Å². The van der Waals surface area contributed by atoms with Gasteiger partial charge in [-0.15, -0.1) is 0 Å². The summed E-state index contributed by atoms with van der Waals surface area (Å²) in [6.07, 6.45) is 0. The Morgan fingerprint density at radius 1 is 0.960 bits per heavy atom. The molecule has 1 N–H and O–H groups in total. The van der Waals surface area contributed by atoms with Crippen molar-refractivity contribution in [3.8, 4) is 28.1 Å². The predicted molar refractivity (Wildman–Crippen MR) is 103 cm³/mol. The van der Waals surface area contributed by atoms with Gasteiger partial charge in [0.2, 0.25) is 5.43 Å². The van der Waals surface area contributed by atoms with Gasteiger partial charge in [-0.3, -0.25) is 4.79 Å². The highest BCUT2D eigenvalue weighted by atomic mass is 35.5. The molecule has 0 radical (unpaired) electrons. The summed E-state index contributed by atoms with van der Waals surface area (Å²) in [5, 5.41) is 11.0. The van der Waals surface area contributed by atoms with Gasteiger partial charge in [0.25, 0.3) is 0 Å². The Morgan fingerprint density at radius 2 is 1.72 bits per heavy atom. The number of phenols is 1. The lowest BCUT2D eigenvalue weighted by Crippen LogP contribution is -2.12. The molecule has 1 aliphatic heterocycles. The number of phenolic OH excluding ortho intramolecular Hbond substituents is 1. The smallest absolute Gasteiger partial charge is 0.218 e. The van der Waals surface area contributed by atoms with Gasteiger partial charge in [0, 0.05) is 23.7 Å². The SMILES string of the molecule is Cn1c2c(Cl)c(=O)c(Cl)c(-c3cccc(O)c3)c-2cc2ccccc21. The first-order valence-electron chi connectivity index (χ1n) is 7.68. The maximum absolute atomic E-state index is 12.6. The van der Waals surface area contributed by atoms with Crippen molar-refractivity contribution < 1.29 is 5.11 Å². The third-order valence-electron chi connectivity index (χ3n) is 4.42. The fourth-order valence-electron chi connectivity index (χ4n) is 3.28. The monoisotopic (exact) mass is 369 g/mol. The molecule has 0 bridgehead atoms. The number of nitrogens with zero attached hydrogens (tertiary/aromatic N) is 1. The maximum atomic E-state index is 12.6. The lowest BCUT2D eigenvalue weighted by atomic mass is 9.94. The second-order valence-electron chi connectivity index (χ2n) is 5.91. The van der Waals surface area contributed by atoms with Gasteiger partial charge in [-0.25, -0.2) is 0 Å². The molecule has 2 aromatic rings. The van der Waals surface area contributed by atoms with E-state index in [4.69, 9.17) is 23.2 Å². The van der Waals surface area contributed by atoms with Gasteiger partial charge in [-0.2, -0.15) is 0 Å². The van der Waals surface area contributed by atoms with Crippen LogP contribution in [0.1, 0.15) is 0 Å². The zero-order chi connectivity index (χ0) is 17.7. The van der Waals surface area contributed by atoms with Crippen LogP contribution >= 0.6 is 23.2 Å². The highest BCUT2D eigenvalue weighted by Gasteiger charge is 2.24. The van der Waals surface area contributed by atoms with E-state index in [0.29, 0.717) is 16.8 Å². The first-order valence-corrected chi connectivity index (χ1v) is 8.43. The lowest BCUT2D eigenvalue weighted by molar-refractivity contribution is 0.475. The number of aromatic nitrogens is 1. The number of benzene rings is 3. The first kappa shape index (κ1) is 16.0. The molecule has 0 unspecified atom stereocenters. The van der Waals surface area contributed by atoms with Crippen LogP contribution in [0.25, 0.3) is 33.3 Å². The molecular formula is C20H13Cl2NO2. The number of aryl methyl sites for hydroxylation is 1. The Morgan fingerprint density at radius 3 is 2.48 bits per heavy atom. The van der Waals surface area contributed by atoms with Gasteiger partial charge in [0.05, 0.1) is 10.7 Å². The molecule has 0 atom stereocenters. The summed E-state index contributed by atoms with van der Waals surface area (Å²) in [6.45, 7) is 0. The standard InChI is InChI=1S/C20H13Cl2NO2/c1-23-15-8-3-2-5-11(15)10-14-16(12-6-4-7-13(24)9-12)17(21)20(25)18(22)19(14)23/h2-10,24H,1H3. The minimum Gasteiger partial charge on any atom is -0.508 e. The Bertz CT molecular complexity index is 1160. The van der Waals surface area contributed by atoms with Crippen LogP contribution in [0.2, 0.25) is 10.0 Å². The molecule has 0 amide bonds. The average Bonchev–Trinajstić information content (AvgIpc) is 2.60. The summed E-state index contributed by atoms with van der Waals surface area (Å²) in [6, 6.07) is 16.5. The van der Waals surface area contributed by atoms with Crippen molar-refractivity contribution in [1.82, 2.24) is 4.57 Å². The largest absolute Gasteiger partial charge is 0.508 e. The lowest BCUT2D eigenvalue weighted by Gasteiger charge is -2.21. The predicted octanol–water partition coefficient (Wildman–Crippen LogP) is 5.32. The number of para-hydroxylation sites is 1. The van der Waals surface area contributed by atoms with E-state index < -0.39 is 5.43 Å². The minimum atomic E-state index is -0.417. The zero-order valence-corrected chi connectivity index (χ0v) is 14.8. The van der Waals surface area contributed by atoms with Crippen LogP contribution in [0.15, 0.2) is 59.4 Å². The molecular weight excluding hydrogens is 357 g/mol. The van der Waals surface area contributed by atoms with Crippen LogP contribution in [0.3, 0.4) is 0 Å². The highest BCUT2D eigenvalue weighted by molar-refractivity contribution is 6.39. The van der Waals surface area contributed by atoms with E-state index in [9.17, 15) is 9.90 Å². The maximum Gasteiger partial charge on any atom is 0.218 e. The number of hydrogen-bond acceptors (Lipinski definition) is 2. The highest BCUT2D eigenvalue weighted by Crippen LogP contribution is 2.42. The van der Waals surface area contributed by atoms with E-state index in [1.807, 2.05) is 48.0 Å². The Labute approximate surface area is 154 Å². The molecule has 25 heavy (non-hydrogen) atoms. The molecule has 4 rings (SSSR count). The van der Waals surface area contributed by atoms with Crippen LogP contribution in [-0.4, -0.2) is 9.67 Å². The van der Waals surface area contributed by atoms with Crippen LogP contribution in [0.5, 0.6) is 5.75 Å². The van der Waals surface area contributed by atoms with Crippen LogP contribution in [-0.2, 0) is 7.05 Å². The summed E-state index contributed by atoms with van der Waals surface area (Å²) in [5.41, 5.74) is 3.16. The quantitative estimate of drug-likeness (QED) is 0.461. The van der Waals surface area contributed by atoms with Crippen molar-refractivity contribution in [2.24, 2.45) is 7.05 Å². The van der Waals surface area contributed by atoms with Gasteiger partial charge in [0.15, 0.2) is 0 Å². The molecule has 124 valence electrons. The molecule has 1 heterocycles. The molecule has 0 saturated heterocycles. The van der Waals surface area contributed by atoms with Crippen molar-refractivity contribution >= 4 is 34.1 Å². The molecule has 0 aromatic heterocycles. The van der Waals surface area contributed by atoms with Gasteiger partial charge in [-0.05, 0) is 35.2 Å². The average molecular weight is 370 g/mol. The summed E-state index contributed by atoms with van der Waals surface area (Å²) >= 11 is 12.7. The van der Waals surface area contributed by atoms with Gasteiger partial charge in [-0.1, -0.05) is 53.5 Å². The van der Waals surface area contributed by atoms with Crippen molar-refractivity contribution in [3.05, 3.63) is 74.9 Å². The number of rotatable bonds is 1. The molecule has 2 aromatic carbocycles. The summed E-state index contributed by atoms with van der Waals surface area (Å²) < 4.78 is 1.90. The first-order chi connectivity index (χ1) is 12.0. The second kappa shape index (κ2) is 5.80. The molecule has 0 fully saturated rings. The second-order valence-corrected chi connectivity index (χ2v) is 6.66. The Kier molecular flexibility index (Phi) is 3.71. The zero-order valence-electron chi connectivity index (χ0n) is 13.3. The molecule has 1 aliphatic carbocycles. The summed E-state index contributed by atoms with van der Waals surface area (Å²) in [5.74, 6) is 0.106. The van der Waals surface area contributed by atoms with Crippen molar-refractivity contribution in [1.29, 1.82) is 0 Å². The molecule has 5 heteroatoms. The van der Waals surface area contributed by atoms with E-state index >= 15 is 0 Å². The van der Waals surface area contributed by atoms with E-state index in [1.165, 1.54) is 0 Å². The minimum absolute atomic E-state index is 0.0541. The molecule has 0 saturated carbocycles. The van der Waals surface area contributed by atoms with Crippen molar-refractivity contribution in [2.45, 2.75) is 0 Å². The van der Waals surface area contributed by atoms with Gasteiger partial charge in [0.1, 0.15) is 10.8 Å². The summed E-state index contributed by atoms with van der Waals surface area (Å²) in [7, 11) is 1.87.